The van der Waals surface area contributed by atoms with E-state index in [9.17, 15) is 4.79 Å². The molecule has 0 aliphatic heterocycles. The molecule has 0 atom stereocenters. The summed E-state index contributed by atoms with van der Waals surface area (Å²) in [5.41, 5.74) is 1.95. The molecule has 2 N–H and O–H groups in total. The van der Waals surface area contributed by atoms with E-state index in [1.54, 1.807) is 0 Å². The van der Waals surface area contributed by atoms with Crippen LogP contribution in [0.25, 0.3) is 0 Å². The molecule has 33 heavy (non-hydrogen) atoms. The first-order valence-corrected chi connectivity index (χ1v) is 13.0. The van der Waals surface area contributed by atoms with Crippen molar-refractivity contribution in [3.63, 3.8) is 0 Å². The number of rotatable bonds is 16. The Kier molecular flexibility index (Phi) is 13.9. The van der Waals surface area contributed by atoms with Crippen molar-refractivity contribution in [2.24, 2.45) is 0 Å². The fourth-order valence-corrected chi connectivity index (χ4v) is 3.91. The van der Waals surface area contributed by atoms with E-state index < -0.39 is 0 Å². The maximum atomic E-state index is 12.1. The lowest BCUT2D eigenvalue weighted by Gasteiger charge is -2.11. The average molecular weight is 469 g/mol. The second-order valence-electron chi connectivity index (χ2n) is 8.59. The maximum absolute atomic E-state index is 12.1. The van der Waals surface area contributed by atoms with Gasteiger partial charge in [0.25, 0.3) is 0 Å². The van der Waals surface area contributed by atoms with Gasteiger partial charge in [-0.15, -0.1) is 0 Å². The van der Waals surface area contributed by atoms with E-state index in [1.165, 1.54) is 57.8 Å². The van der Waals surface area contributed by atoms with Gasteiger partial charge >= 0.3 is 0 Å². The van der Waals surface area contributed by atoms with Crippen molar-refractivity contribution in [2.75, 3.05) is 5.32 Å². The summed E-state index contributed by atoms with van der Waals surface area (Å²) in [5.74, 6) is 0.766. The van der Waals surface area contributed by atoms with Crippen LogP contribution in [0, 0.1) is 0 Å². The molecule has 0 saturated heterocycles. The van der Waals surface area contributed by atoms with Crippen LogP contribution in [0.3, 0.4) is 0 Å². The summed E-state index contributed by atoms with van der Waals surface area (Å²) in [5, 5.41) is 6.17. The SMILES string of the molecule is CCCCCCCCCCCCCC(=O)NC(=S)Nc1ccc(OCc2ccccc2)cc1. The van der Waals surface area contributed by atoms with E-state index in [0.717, 1.165) is 29.8 Å². The smallest absolute Gasteiger partial charge is 0.226 e. The first kappa shape index (κ1) is 26.8. The predicted octanol–water partition coefficient (Wildman–Crippen LogP) is 7.78. The first-order chi connectivity index (χ1) is 16.2. The lowest BCUT2D eigenvalue weighted by atomic mass is 10.1. The molecule has 2 rings (SSSR count). The molecule has 2 aromatic carbocycles. The molecular formula is C28H40N2O2S. The van der Waals surface area contributed by atoms with Crippen molar-refractivity contribution in [2.45, 2.75) is 90.6 Å². The molecule has 4 nitrogen and oxygen atoms in total. The Balaban J connectivity index is 1.51. The van der Waals surface area contributed by atoms with Crippen LogP contribution in [0.4, 0.5) is 5.69 Å². The summed E-state index contributed by atoms with van der Waals surface area (Å²) in [7, 11) is 0. The molecular weight excluding hydrogens is 428 g/mol. The number of carbonyl (C=O) groups is 1. The van der Waals surface area contributed by atoms with Gasteiger partial charge in [0, 0.05) is 12.1 Å². The largest absolute Gasteiger partial charge is 0.489 e. The molecule has 0 heterocycles. The Morgan fingerprint density at radius 3 is 1.97 bits per heavy atom. The number of anilines is 1. The summed E-state index contributed by atoms with van der Waals surface area (Å²) in [6, 6.07) is 17.6. The first-order valence-electron chi connectivity index (χ1n) is 12.5. The van der Waals surface area contributed by atoms with E-state index in [4.69, 9.17) is 17.0 Å². The quantitative estimate of drug-likeness (QED) is 0.195. The number of carbonyl (C=O) groups excluding carboxylic acids is 1. The summed E-state index contributed by atoms with van der Waals surface area (Å²) >= 11 is 5.27. The van der Waals surface area contributed by atoms with Gasteiger partial charge in [-0.3, -0.25) is 4.79 Å². The van der Waals surface area contributed by atoms with Crippen molar-refractivity contribution in [3.8, 4) is 5.75 Å². The van der Waals surface area contributed by atoms with Crippen LogP contribution in [0.15, 0.2) is 54.6 Å². The highest BCUT2D eigenvalue weighted by Crippen LogP contribution is 2.17. The van der Waals surface area contributed by atoms with Crippen LogP contribution in [0.5, 0.6) is 5.75 Å². The Labute approximate surface area is 205 Å². The zero-order chi connectivity index (χ0) is 23.6. The number of unbranched alkanes of at least 4 members (excludes halogenated alkanes) is 10. The van der Waals surface area contributed by atoms with Crippen LogP contribution in [-0.2, 0) is 11.4 Å². The third kappa shape index (κ3) is 13.0. The number of ether oxygens (including phenoxy) is 1. The van der Waals surface area contributed by atoms with Gasteiger partial charge in [-0.2, -0.15) is 0 Å². The molecule has 0 aromatic heterocycles. The summed E-state index contributed by atoms with van der Waals surface area (Å²) in [4.78, 5) is 12.1. The lowest BCUT2D eigenvalue weighted by molar-refractivity contribution is -0.119. The van der Waals surface area contributed by atoms with E-state index in [0.29, 0.717) is 18.1 Å². The highest BCUT2D eigenvalue weighted by atomic mass is 32.1. The molecule has 0 bridgehead atoms. The van der Waals surface area contributed by atoms with Crippen LogP contribution < -0.4 is 15.4 Å². The van der Waals surface area contributed by atoms with Gasteiger partial charge in [-0.1, -0.05) is 101 Å². The van der Waals surface area contributed by atoms with Crippen molar-refractivity contribution in [3.05, 3.63) is 60.2 Å². The molecule has 1 amide bonds. The topological polar surface area (TPSA) is 50.4 Å². The fraction of sp³-hybridized carbons (Fsp3) is 0.500. The Bertz CT molecular complexity index is 793. The summed E-state index contributed by atoms with van der Waals surface area (Å²) in [6.45, 7) is 2.79. The average Bonchev–Trinajstić information content (AvgIpc) is 2.82. The summed E-state index contributed by atoms with van der Waals surface area (Å²) < 4.78 is 5.79. The minimum atomic E-state index is -0.0220. The zero-order valence-corrected chi connectivity index (χ0v) is 20.9. The van der Waals surface area contributed by atoms with E-state index in [1.807, 2.05) is 54.6 Å². The monoisotopic (exact) mass is 468 g/mol. The number of amides is 1. The van der Waals surface area contributed by atoms with Crippen LogP contribution >= 0.6 is 12.2 Å². The molecule has 0 aliphatic carbocycles. The van der Waals surface area contributed by atoms with Crippen LogP contribution in [0.2, 0.25) is 0 Å². The summed E-state index contributed by atoms with van der Waals surface area (Å²) in [6.07, 6.45) is 14.5. The van der Waals surface area contributed by atoms with Gasteiger partial charge in [-0.25, -0.2) is 0 Å². The standard InChI is InChI=1S/C28H40N2O2S/c1-2-3-4-5-6-7-8-9-10-11-15-18-27(31)30-28(33)29-25-19-21-26(22-20-25)32-23-24-16-13-12-14-17-24/h12-14,16-17,19-22H,2-11,15,18,23H2,1H3,(H2,29,30,31,33). The molecule has 0 fully saturated rings. The molecule has 0 saturated carbocycles. The van der Waals surface area contributed by atoms with Crippen molar-refractivity contribution in [1.82, 2.24) is 5.32 Å². The van der Waals surface area contributed by atoms with Crippen LogP contribution in [-0.4, -0.2) is 11.0 Å². The van der Waals surface area contributed by atoms with Gasteiger partial charge in [-0.05, 0) is 48.5 Å². The molecule has 2 aromatic rings. The third-order valence-corrected chi connectivity index (χ3v) is 5.82. The Morgan fingerprint density at radius 1 is 0.788 bits per heavy atom. The molecule has 0 aliphatic rings. The van der Waals surface area contributed by atoms with Crippen molar-refractivity contribution < 1.29 is 9.53 Å². The highest BCUT2D eigenvalue weighted by molar-refractivity contribution is 7.80. The molecule has 0 unspecified atom stereocenters. The number of thiocarbonyl (C=S) groups is 1. The maximum Gasteiger partial charge on any atom is 0.226 e. The second-order valence-corrected chi connectivity index (χ2v) is 8.99. The fourth-order valence-electron chi connectivity index (χ4n) is 3.68. The Morgan fingerprint density at radius 2 is 1.36 bits per heavy atom. The van der Waals surface area contributed by atoms with Gasteiger partial charge in [0.2, 0.25) is 5.91 Å². The lowest BCUT2D eigenvalue weighted by Crippen LogP contribution is -2.33. The van der Waals surface area contributed by atoms with E-state index in [2.05, 4.69) is 17.6 Å². The van der Waals surface area contributed by atoms with Gasteiger partial charge in [0.1, 0.15) is 12.4 Å². The molecule has 0 spiro atoms. The number of hydrogen-bond donors (Lipinski definition) is 2. The van der Waals surface area contributed by atoms with Gasteiger partial charge < -0.3 is 15.4 Å². The minimum absolute atomic E-state index is 0.0220. The number of nitrogens with one attached hydrogen (secondary N) is 2. The Hall–Kier alpha value is -2.40. The van der Waals surface area contributed by atoms with E-state index in [-0.39, 0.29) is 5.91 Å². The van der Waals surface area contributed by atoms with E-state index >= 15 is 0 Å². The molecule has 0 radical (unpaired) electrons. The van der Waals surface area contributed by atoms with Gasteiger partial charge in [0.15, 0.2) is 5.11 Å². The van der Waals surface area contributed by atoms with Crippen LogP contribution in [0.1, 0.15) is 89.5 Å². The van der Waals surface area contributed by atoms with Gasteiger partial charge in [0.05, 0.1) is 0 Å². The normalized spacial score (nSPS) is 10.6. The molecule has 180 valence electrons. The molecule has 5 heteroatoms. The van der Waals surface area contributed by atoms with Crippen molar-refractivity contribution in [1.29, 1.82) is 0 Å². The zero-order valence-electron chi connectivity index (χ0n) is 20.1. The van der Waals surface area contributed by atoms with Crippen molar-refractivity contribution >= 4 is 28.9 Å². The third-order valence-electron chi connectivity index (χ3n) is 5.62. The number of benzene rings is 2. The highest BCUT2D eigenvalue weighted by Gasteiger charge is 2.05. The minimum Gasteiger partial charge on any atom is -0.489 e. The number of hydrogen-bond acceptors (Lipinski definition) is 3. The predicted molar refractivity (Wildman–Crippen MR) is 143 cm³/mol. The second kappa shape index (κ2) is 17.1.